The Morgan fingerprint density at radius 3 is 2.31 bits per heavy atom. The lowest BCUT2D eigenvalue weighted by Gasteiger charge is -1.93. The van der Waals surface area contributed by atoms with Crippen LogP contribution < -0.4 is 0 Å². The molecule has 0 amide bonds. The van der Waals surface area contributed by atoms with Gasteiger partial charge >= 0.3 is 0 Å². The smallest absolute Gasteiger partial charge is 0.113 e. The zero-order chi connectivity index (χ0) is 11.4. The first kappa shape index (κ1) is 10.4. The van der Waals surface area contributed by atoms with Crippen LogP contribution in [0.4, 0.5) is 0 Å². The summed E-state index contributed by atoms with van der Waals surface area (Å²) >= 11 is 0. The molecule has 0 bridgehead atoms. The number of pyridine rings is 1. The van der Waals surface area contributed by atoms with Gasteiger partial charge in [-0.3, -0.25) is 0 Å². The van der Waals surface area contributed by atoms with Gasteiger partial charge in [-0.15, -0.1) is 0 Å². The Morgan fingerprint density at radius 1 is 0.875 bits per heavy atom. The highest BCUT2D eigenvalue weighted by molar-refractivity contribution is 5.41. The Labute approximate surface area is 96.2 Å². The lowest BCUT2D eigenvalue weighted by atomic mass is 10.1. The number of benzene rings is 1. The van der Waals surface area contributed by atoms with Crippen LogP contribution in [0.15, 0.2) is 42.5 Å². The van der Waals surface area contributed by atoms with Crippen molar-refractivity contribution in [3.05, 3.63) is 65.0 Å². The molecule has 78 valence electrons. The third-order valence-corrected chi connectivity index (χ3v) is 2.27. The number of hydrogen-bond acceptors (Lipinski definition) is 1. The molecule has 0 aliphatic carbocycles. The molecule has 1 aromatic heterocycles. The monoisotopic (exact) mass is 207 g/mol. The van der Waals surface area contributed by atoms with Gasteiger partial charge in [0, 0.05) is 11.3 Å². The summed E-state index contributed by atoms with van der Waals surface area (Å²) < 4.78 is 0. The average molecular weight is 207 g/mol. The molecule has 2 rings (SSSR count). The van der Waals surface area contributed by atoms with E-state index in [2.05, 4.69) is 35.9 Å². The standard InChI is InChI=1S/C15H13N/c1-12-6-8-14(9-7-12)10-11-15-5-3-4-13(2)16-15/h3-9H,1-2H3. The molecule has 0 fully saturated rings. The van der Waals surface area contributed by atoms with Crippen LogP contribution in [0.3, 0.4) is 0 Å². The van der Waals surface area contributed by atoms with E-state index in [1.54, 1.807) is 0 Å². The SMILES string of the molecule is Cc1ccc(C#Cc2cccc(C)n2)cc1. The van der Waals surface area contributed by atoms with Gasteiger partial charge in [0.15, 0.2) is 0 Å². The van der Waals surface area contributed by atoms with E-state index in [1.165, 1.54) is 5.56 Å². The molecular weight excluding hydrogens is 194 g/mol. The van der Waals surface area contributed by atoms with E-state index in [9.17, 15) is 0 Å². The summed E-state index contributed by atoms with van der Waals surface area (Å²) in [5.74, 6) is 6.16. The molecule has 0 saturated carbocycles. The molecule has 1 aromatic carbocycles. The highest BCUT2D eigenvalue weighted by Crippen LogP contribution is 2.02. The minimum atomic E-state index is 0.820. The Hall–Kier alpha value is -2.07. The van der Waals surface area contributed by atoms with Crippen molar-refractivity contribution in [1.29, 1.82) is 0 Å². The van der Waals surface area contributed by atoms with Crippen LogP contribution in [0.25, 0.3) is 0 Å². The third-order valence-electron chi connectivity index (χ3n) is 2.27. The molecule has 1 nitrogen and oxygen atoms in total. The highest BCUT2D eigenvalue weighted by atomic mass is 14.7. The fraction of sp³-hybridized carbons (Fsp3) is 0.133. The van der Waals surface area contributed by atoms with Crippen molar-refractivity contribution < 1.29 is 0 Å². The summed E-state index contributed by atoms with van der Waals surface area (Å²) in [7, 11) is 0. The van der Waals surface area contributed by atoms with Crippen LogP contribution in [0.1, 0.15) is 22.5 Å². The van der Waals surface area contributed by atoms with E-state index in [4.69, 9.17) is 0 Å². The minimum Gasteiger partial charge on any atom is -0.245 e. The van der Waals surface area contributed by atoms with Crippen molar-refractivity contribution in [3.63, 3.8) is 0 Å². The summed E-state index contributed by atoms with van der Waals surface area (Å²) in [5.41, 5.74) is 4.09. The fourth-order valence-electron chi connectivity index (χ4n) is 1.39. The van der Waals surface area contributed by atoms with E-state index in [0.717, 1.165) is 17.0 Å². The molecule has 0 aliphatic rings. The van der Waals surface area contributed by atoms with Gasteiger partial charge in [0.2, 0.25) is 0 Å². The van der Waals surface area contributed by atoms with Crippen molar-refractivity contribution in [3.8, 4) is 11.8 Å². The predicted molar refractivity (Wildman–Crippen MR) is 66.1 cm³/mol. The predicted octanol–water partition coefficient (Wildman–Crippen LogP) is 3.10. The summed E-state index contributed by atoms with van der Waals surface area (Å²) in [6.07, 6.45) is 0. The molecule has 0 radical (unpaired) electrons. The summed E-state index contributed by atoms with van der Waals surface area (Å²) in [4.78, 5) is 4.33. The molecule has 0 aliphatic heterocycles. The Morgan fingerprint density at radius 2 is 1.62 bits per heavy atom. The molecule has 0 spiro atoms. The first-order valence-electron chi connectivity index (χ1n) is 5.26. The maximum atomic E-state index is 4.33. The number of rotatable bonds is 0. The second kappa shape index (κ2) is 4.63. The second-order valence-electron chi connectivity index (χ2n) is 3.78. The maximum absolute atomic E-state index is 4.33. The maximum Gasteiger partial charge on any atom is 0.113 e. The Kier molecular flexibility index (Phi) is 3.03. The molecule has 0 saturated heterocycles. The van der Waals surface area contributed by atoms with Crippen molar-refractivity contribution in [1.82, 2.24) is 4.98 Å². The third kappa shape index (κ3) is 2.71. The summed E-state index contributed by atoms with van der Waals surface area (Å²) in [6.45, 7) is 4.04. The van der Waals surface area contributed by atoms with Gasteiger partial charge in [-0.25, -0.2) is 4.98 Å². The first-order chi connectivity index (χ1) is 7.74. The van der Waals surface area contributed by atoms with Crippen molar-refractivity contribution >= 4 is 0 Å². The fourth-order valence-corrected chi connectivity index (χ4v) is 1.39. The van der Waals surface area contributed by atoms with E-state index in [0.29, 0.717) is 0 Å². The van der Waals surface area contributed by atoms with Crippen LogP contribution >= 0.6 is 0 Å². The zero-order valence-corrected chi connectivity index (χ0v) is 9.49. The largest absolute Gasteiger partial charge is 0.245 e. The Bertz CT molecular complexity index is 542. The lowest BCUT2D eigenvalue weighted by Crippen LogP contribution is -1.84. The van der Waals surface area contributed by atoms with Crippen LogP contribution in [0, 0.1) is 25.7 Å². The van der Waals surface area contributed by atoms with Crippen LogP contribution in [-0.2, 0) is 0 Å². The Balaban J connectivity index is 2.25. The van der Waals surface area contributed by atoms with E-state index >= 15 is 0 Å². The molecule has 16 heavy (non-hydrogen) atoms. The molecular formula is C15H13N. The van der Waals surface area contributed by atoms with Gasteiger partial charge in [-0.05, 0) is 44.0 Å². The summed E-state index contributed by atoms with van der Waals surface area (Å²) in [6, 6.07) is 14.0. The van der Waals surface area contributed by atoms with Crippen molar-refractivity contribution in [2.24, 2.45) is 0 Å². The molecule has 2 aromatic rings. The van der Waals surface area contributed by atoms with Crippen LogP contribution in [-0.4, -0.2) is 4.98 Å². The second-order valence-corrected chi connectivity index (χ2v) is 3.78. The van der Waals surface area contributed by atoms with E-state index < -0.39 is 0 Å². The van der Waals surface area contributed by atoms with Gasteiger partial charge in [0.1, 0.15) is 5.69 Å². The number of hydrogen-bond donors (Lipinski definition) is 0. The quantitative estimate of drug-likeness (QED) is 0.605. The van der Waals surface area contributed by atoms with Gasteiger partial charge < -0.3 is 0 Å². The van der Waals surface area contributed by atoms with Gasteiger partial charge in [-0.2, -0.15) is 0 Å². The first-order valence-corrected chi connectivity index (χ1v) is 5.26. The topological polar surface area (TPSA) is 12.9 Å². The van der Waals surface area contributed by atoms with Gasteiger partial charge in [-0.1, -0.05) is 29.7 Å². The highest BCUT2D eigenvalue weighted by Gasteiger charge is 1.89. The molecule has 0 unspecified atom stereocenters. The normalized spacial score (nSPS) is 9.38. The number of aromatic nitrogens is 1. The summed E-state index contributed by atoms with van der Waals surface area (Å²) in [5, 5.41) is 0. The van der Waals surface area contributed by atoms with Gasteiger partial charge in [0.05, 0.1) is 0 Å². The average Bonchev–Trinajstić information content (AvgIpc) is 2.28. The van der Waals surface area contributed by atoms with Crippen molar-refractivity contribution in [2.75, 3.05) is 0 Å². The molecule has 1 heteroatoms. The minimum absolute atomic E-state index is 0.820. The van der Waals surface area contributed by atoms with Crippen LogP contribution in [0.5, 0.6) is 0 Å². The van der Waals surface area contributed by atoms with Crippen LogP contribution in [0.2, 0.25) is 0 Å². The lowest BCUT2D eigenvalue weighted by molar-refractivity contribution is 1.18. The van der Waals surface area contributed by atoms with Crippen molar-refractivity contribution in [2.45, 2.75) is 13.8 Å². The van der Waals surface area contributed by atoms with Gasteiger partial charge in [0.25, 0.3) is 0 Å². The van der Waals surface area contributed by atoms with E-state index in [-0.39, 0.29) is 0 Å². The zero-order valence-electron chi connectivity index (χ0n) is 9.49. The van der Waals surface area contributed by atoms with E-state index in [1.807, 2.05) is 37.3 Å². The number of aryl methyl sites for hydroxylation is 2. The molecule has 0 atom stereocenters. The molecule has 0 N–H and O–H groups in total. The number of nitrogens with zero attached hydrogens (tertiary/aromatic N) is 1. The molecule has 1 heterocycles.